The summed E-state index contributed by atoms with van der Waals surface area (Å²) in [7, 11) is 0. The van der Waals surface area contributed by atoms with Gasteiger partial charge in [0.15, 0.2) is 0 Å². The van der Waals surface area contributed by atoms with Crippen LogP contribution < -0.4 is 11.1 Å². The number of benzene rings is 3. The summed E-state index contributed by atoms with van der Waals surface area (Å²) in [6, 6.07) is 27.8. The summed E-state index contributed by atoms with van der Waals surface area (Å²) in [4.78, 5) is 28.7. The summed E-state index contributed by atoms with van der Waals surface area (Å²) in [6.07, 6.45) is 0.735. The average molecular weight is 468 g/mol. The van der Waals surface area contributed by atoms with Crippen molar-refractivity contribution in [1.29, 1.82) is 0 Å². The van der Waals surface area contributed by atoms with Gasteiger partial charge in [-0.2, -0.15) is 0 Å². The van der Waals surface area contributed by atoms with Crippen molar-refractivity contribution in [3.8, 4) is 11.1 Å². The molecule has 34 heavy (non-hydrogen) atoms. The number of carbonyl (C=O) groups excluding carboxylic acids is 2. The zero-order chi connectivity index (χ0) is 23.5. The van der Waals surface area contributed by atoms with E-state index in [0.717, 1.165) is 47.6 Å². The molecular weight excluding hydrogens is 442 g/mol. The van der Waals surface area contributed by atoms with Gasteiger partial charge in [-0.15, -0.1) is 11.3 Å². The first kappa shape index (κ1) is 22.1. The van der Waals surface area contributed by atoms with E-state index >= 15 is 0 Å². The molecule has 6 heteroatoms. The number of amides is 2. The van der Waals surface area contributed by atoms with Crippen LogP contribution in [-0.4, -0.2) is 23.3 Å². The van der Waals surface area contributed by atoms with Crippen molar-refractivity contribution in [2.45, 2.75) is 19.5 Å². The Morgan fingerprint density at radius 2 is 1.53 bits per heavy atom. The third kappa shape index (κ3) is 4.64. The van der Waals surface area contributed by atoms with Crippen LogP contribution in [0.5, 0.6) is 0 Å². The molecular formula is C28H25N3O2S. The Hall–Kier alpha value is -3.74. The third-order valence-corrected chi connectivity index (χ3v) is 7.24. The minimum absolute atomic E-state index is 0.248. The summed E-state index contributed by atoms with van der Waals surface area (Å²) in [6.45, 7) is 2.42. The number of primary amides is 1. The third-order valence-electron chi connectivity index (χ3n) is 6.11. The van der Waals surface area contributed by atoms with Gasteiger partial charge in [0.1, 0.15) is 5.00 Å². The molecule has 1 aliphatic heterocycles. The van der Waals surface area contributed by atoms with E-state index in [2.05, 4.69) is 22.3 Å². The topological polar surface area (TPSA) is 75.4 Å². The molecule has 5 nitrogen and oxygen atoms in total. The number of hydrogen-bond donors (Lipinski definition) is 2. The lowest BCUT2D eigenvalue weighted by Crippen LogP contribution is -2.30. The number of carbonyl (C=O) groups is 2. The number of nitrogens with zero attached hydrogens (tertiary/aromatic N) is 1. The molecule has 0 saturated heterocycles. The van der Waals surface area contributed by atoms with Crippen molar-refractivity contribution in [3.05, 3.63) is 112 Å². The number of fused-ring (bicyclic) bond motifs is 1. The van der Waals surface area contributed by atoms with Gasteiger partial charge in [0.05, 0.1) is 5.56 Å². The van der Waals surface area contributed by atoms with Gasteiger partial charge < -0.3 is 11.1 Å². The molecule has 0 saturated carbocycles. The molecule has 0 atom stereocenters. The summed E-state index contributed by atoms with van der Waals surface area (Å²) in [5.41, 5.74) is 11.1. The molecule has 0 fully saturated rings. The maximum absolute atomic E-state index is 13.0. The molecule has 3 aromatic carbocycles. The standard InChI is InChI=1S/C28H25N3O2S/c29-26(32)25-23-15-16-31(17-19-7-3-1-4-8-19)18-24(23)34-28(25)30-27(33)22-13-11-21(12-14-22)20-9-5-2-6-10-20/h1-14H,15-18H2,(H2,29,32)(H,30,33). The number of nitrogens with one attached hydrogen (secondary N) is 1. The SMILES string of the molecule is NC(=O)c1c(NC(=O)c2ccc(-c3ccccc3)cc2)sc2c1CCN(Cc1ccccc1)C2. The molecule has 0 radical (unpaired) electrons. The molecule has 1 aromatic heterocycles. The second-order valence-corrected chi connectivity index (χ2v) is 9.52. The van der Waals surface area contributed by atoms with Crippen molar-refractivity contribution in [2.24, 2.45) is 5.73 Å². The van der Waals surface area contributed by atoms with Crippen molar-refractivity contribution in [2.75, 3.05) is 11.9 Å². The lowest BCUT2D eigenvalue weighted by molar-refractivity contribution is 0.0999. The van der Waals surface area contributed by atoms with Crippen LogP contribution in [0.3, 0.4) is 0 Å². The van der Waals surface area contributed by atoms with Gasteiger partial charge in [0.2, 0.25) is 0 Å². The van der Waals surface area contributed by atoms with Gasteiger partial charge in [0.25, 0.3) is 11.8 Å². The fourth-order valence-electron chi connectivity index (χ4n) is 4.40. The second kappa shape index (κ2) is 9.63. The van der Waals surface area contributed by atoms with Crippen molar-refractivity contribution in [1.82, 2.24) is 4.90 Å². The first-order valence-corrected chi connectivity index (χ1v) is 12.1. The Kier molecular flexibility index (Phi) is 6.25. The van der Waals surface area contributed by atoms with Gasteiger partial charge in [-0.25, -0.2) is 0 Å². The van der Waals surface area contributed by atoms with Gasteiger partial charge in [0, 0.05) is 30.1 Å². The normalized spacial score (nSPS) is 13.3. The molecule has 170 valence electrons. The molecule has 0 aliphatic carbocycles. The van der Waals surface area contributed by atoms with Crippen LogP contribution in [0, 0.1) is 0 Å². The van der Waals surface area contributed by atoms with Crippen molar-refractivity contribution >= 4 is 28.2 Å². The molecule has 4 aromatic rings. The maximum atomic E-state index is 13.0. The zero-order valence-electron chi connectivity index (χ0n) is 18.7. The van der Waals surface area contributed by atoms with E-state index in [1.807, 2.05) is 60.7 Å². The predicted molar refractivity (Wildman–Crippen MR) is 137 cm³/mol. The molecule has 5 rings (SSSR count). The first-order chi connectivity index (χ1) is 16.6. The zero-order valence-corrected chi connectivity index (χ0v) is 19.5. The molecule has 0 bridgehead atoms. The van der Waals surface area contributed by atoms with Crippen LogP contribution >= 0.6 is 11.3 Å². The van der Waals surface area contributed by atoms with Crippen LogP contribution in [0.25, 0.3) is 11.1 Å². The fraction of sp³-hybridized carbons (Fsp3) is 0.143. The lowest BCUT2D eigenvalue weighted by atomic mass is 10.0. The molecule has 2 heterocycles. The number of nitrogens with two attached hydrogens (primary N) is 1. The van der Waals surface area contributed by atoms with Crippen molar-refractivity contribution in [3.63, 3.8) is 0 Å². The number of rotatable bonds is 6. The van der Waals surface area contributed by atoms with Crippen LogP contribution in [-0.2, 0) is 19.5 Å². The Bertz CT molecular complexity index is 1320. The number of hydrogen-bond acceptors (Lipinski definition) is 4. The fourth-order valence-corrected chi connectivity index (χ4v) is 5.69. The van der Waals surface area contributed by atoms with Gasteiger partial charge in [-0.1, -0.05) is 72.8 Å². The Morgan fingerprint density at radius 1 is 0.882 bits per heavy atom. The smallest absolute Gasteiger partial charge is 0.256 e. The van der Waals surface area contributed by atoms with E-state index in [1.54, 1.807) is 12.1 Å². The number of thiophene rings is 1. The maximum Gasteiger partial charge on any atom is 0.256 e. The highest BCUT2D eigenvalue weighted by atomic mass is 32.1. The largest absolute Gasteiger partial charge is 0.365 e. The molecule has 0 spiro atoms. The second-order valence-electron chi connectivity index (χ2n) is 8.42. The summed E-state index contributed by atoms with van der Waals surface area (Å²) in [5.74, 6) is -0.745. The highest BCUT2D eigenvalue weighted by molar-refractivity contribution is 7.17. The monoisotopic (exact) mass is 467 g/mol. The van der Waals surface area contributed by atoms with Crippen molar-refractivity contribution < 1.29 is 9.59 Å². The van der Waals surface area contributed by atoms with Crippen LogP contribution in [0.15, 0.2) is 84.9 Å². The van der Waals surface area contributed by atoms with E-state index in [0.29, 0.717) is 16.1 Å². The first-order valence-electron chi connectivity index (χ1n) is 11.3. The summed E-state index contributed by atoms with van der Waals surface area (Å²) >= 11 is 1.45. The van der Waals surface area contributed by atoms with E-state index < -0.39 is 5.91 Å². The molecule has 3 N–H and O–H groups in total. The lowest BCUT2D eigenvalue weighted by Gasteiger charge is -2.27. The van der Waals surface area contributed by atoms with Gasteiger partial charge in [-0.3, -0.25) is 14.5 Å². The summed E-state index contributed by atoms with van der Waals surface area (Å²) < 4.78 is 0. The number of anilines is 1. The van der Waals surface area contributed by atoms with Crippen LogP contribution in [0.4, 0.5) is 5.00 Å². The molecule has 2 amide bonds. The highest BCUT2D eigenvalue weighted by Gasteiger charge is 2.28. The highest BCUT2D eigenvalue weighted by Crippen LogP contribution is 2.37. The Labute approximate surface area is 202 Å². The quantitative estimate of drug-likeness (QED) is 0.403. The van der Waals surface area contributed by atoms with Crippen LogP contribution in [0.1, 0.15) is 36.7 Å². The van der Waals surface area contributed by atoms with Gasteiger partial charge >= 0.3 is 0 Å². The van der Waals surface area contributed by atoms with Gasteiger partial charge in [-0.05, 0) is 40.8 Å². The van der Waals surface area contributed by atoms with Crippen LogP contribution in [0.2, 0.25) is 0 Å². The average Bonchev–Trinajstić information content (AvgIpc) is 3.22. The van der Waals surface area contributed by atoms with E-state index in [-0.39, 0.29) is 5.91 Å². The predicted octanol–water partition coefficient (Wildman–Crippen LogP) is 5.32. The molecule has 1 aliphatic rings. The minimum Gasteiger partial charge on any atom is -0.365 e. The Morgan fingerprint density at radius 3 is 2.21 bits per heavy atom. The Balaban J connectivity index is 1.34. The summed E-state index contributed by atoms with van der Waals surface area (Å²) in [5, 5.41) is 3.49. The molecule has 0 unspecified atom stereocenters. The van der Waals surface area contributed by atoms with E-state index in [9.17, 15) is 9.59 Å². The van der Waals surface area contributed by atoms with E-state index in [4.69, 9.17) is 5.73 Å². The van der Waals surface area contributed by atoms with E-state index in [1.165, 1.54) is 16.9 Å². The minimum atomic E-state index is -0.497.